The van der Waals surface area contributed by atoms with Crippen molar-refractivity contribution >= 4 is 0 Å². The Bertz CT molecular complexity index is 344. The molecule has 4 saturated carbocycles. The quantitative estimate of drug-likeness (QED) is 0.742. The molecule has 0 atom stereocenters. The lowest BCUT2D eigenvalue weighted by molar-refractivity contribution is -0.0635. The maximum absolute atomic E-state index is 4.41. The Labute approximate surface area is 97.0 Å². The molecular formula is C14H20N2. The van der Waals surface area contributed by atoms with Gasteiger partial charge in [0.1, 0.15) is 0 Å². The van der Waals surface area contributed by atoms with Crippen molar-refractivity contribution in [3.05, 3.63) is 18.5 Å². The van der Waals surface area contributed by atoms with Gasteiger partial charge < -0.3 is 0 Å². The van der Waals surface area contributed by atoms with Crippen molar-refractivity contribution < 1.29 is 0 Å². The number of hydrogen-bond acceptors (Lipinski definition) is 1. The SMILES string of the molecule is c1cnn(CC23CC4CC(CC(C4)C2)C3)c1. The maximum Gasteiger partial charge on any atom is 0.0489 e. The van der Waals surface area contributed by atoms with Crippen LogP contribution in [0, 0.1) is 23.2 Å². The molecule has 4 aliphatic carbocycles. The van der Waals surface area contributed by atoms with E-state index >= 15 is 0 Å². The molecule has 0 unspecified atom stereocenters. The molecule has 4 bridgehead atoms. The second-order valence-electron chi connectivity index (χ2n) is 6.62. The molecule has 1 aromatic heterocycles. The number of rotatable bonds is 2. The highest BCUT2D eigenvalue weighted by Crippen LogP contribution is 2.60. The van der Waals surface area contributed by atoms with Crippen LogP contribution in [0.3, 0.4) is 0 Å². The molecule has 4 fully saturated rings. The van der Waals surface area contributed by atoms with E-state index in [9.17, 15) is 0 Å². The Morgan fingerprint density at radius 1 is 1.06 bits per heavy atom. The van der Waals surface area contributed by atoms with Crippen LogP contribution in [0.25, 0.3) is 0 Å². The van der Waals surface area contributed by atoms with E-state index < -0.39 is 0 Å². The van der Waals surface area contributed by atoms with Gasteiger partial charge in [-0.2, -0.15) is 5.10 Å². The molecule has 1 aromatic rings. The van der Waals surface area contributed by atoms with Crippen molar-refractivity contribution in [2.24, 2.45) is 23.2 Å². The predicted octanol–water partition coefficient (Wildman–Crippen LogP) is 3.10. The molecule has 0 aromatic carbocycles. The molecule has 86 valence electrons. The minimum Gasteiger partial charge on any atom is -0.272 e. The summed E-state index contributed by atoms with van der Waals surface area (Å²) in [5, 5.41) is 4.41. The van der Waals surface area contributed by atoms with Crippen LogP contribution in [-0.2, 0) is 6.54 Å². The van der Waals surface area contributed by atoms with Crippen LogP contribution in [0.5, 0.6) is 0 Å². The first-order valence-electron chi connectivity index (χ1n) is 6.79. The minimum atomic E-state index is 0.626. The number of hydrogen-bond donors (Lipinski definition) is 0. The van der Waals surface area contributed by atoms with Crippen molar-refractivity contribution in [3.8, 4) is 0 Å². The van der Waals surface area contributed by atoms with Gasteiger partial charge >= 0.3 is 0 Å². The predicted molar refractivity (Wildman–Crippen MR) is 62.8 cm³/mol. The van der Waals surface area contributed by atoms with Crippen LogP contribution in [0.2, 0.25) is 0 Å². The van der Waals surface area contributed by atoms with Gasteiger partial charge in [0.2, 0.25) is 0 Å². The van der Waals surface area contributed by atoms with Gasteiger partial charge in [0.15, 0.2) is 0 Å². The summed E-state index contributed by atoms with van der Waals surface area (Å²) in [5.74, 6) is 3.17. The number of aromatic nitrogens is 2. The maximum atomic E-state index is 4.41. The molecule has 0 amide bonds. The lowest BCUT2D eigenvalue weighted by Gasteiger charge is -2.56. The summed E-state index contributed by atoms with van der Waals surface area (Å²) in [4.78, 5) is 0. The van der Waals surface area contributed by atoms with Crippen molar-refractivity contribution in [1.82, 2.24) is 9.78 Å². The molecule has 0 spiro atoms. The molecule has 0 N–H and O–H groups in total. The second kappa shape index (κ2) is 3.12. The normalized spacial score (nSPS) is 45.1. The summed E-state index contributed by atoms with van der Waals surface area (Å²) in [6.07, 6.45) is 13.1. The van der Waals surface area contributed by atoms with Gasteiger partial charge in [-0.3, -0.25) is 4.68 Å². The zero-order chi connectivity index (χ0) is 10.6. The Balaban J connectivity index is 1.62. The van der Waals surface area contributed by atoms with Crippen molar-refractivity contribution in [2.75, 3.05) is 0 Å². The molecule has 16 heavy (non-hydrogen) atoms. The Hall–Kier alpha value is -0.790. The van der Waals surface area contributed by atoms with E-state index in [2.05, 4.69) is 22.0 Å². The van der Waals surface area contributed by atoms with Crippen LogP contribution in [-0.4, -0.2) is 9.78 Å². The van der Waals surface area contributed by atoms with E-state index in [4.69, 9.17) is 0 Å². The topological polar surface area (TPSA) is 17.8 Å². The van der Waals surface area contributed by atoms with Crippen molar-refractivity contribution in [2.45, 2.75) is 45.1 Å². The standard InChI is InChI=1S/C14H20N2/c1-2-15-16(3-1)10-14-7-11-4-12(8-14)6-13(5-11)9-14/h1-3,11-13H,4-10H2. The molecular weight excluding hydrogens is 196 g/mol. The average molecular weight is 216 g/mol. The summed E-state index contributed by atoms with van der Waals surface area (Å²) >= 11 is 0. The Morgan fingerprint density at radius 2 is 1.69 bits per heavy atom. The monoisotopic (exact) mass is 216 g/mol. The second-order valence-corrected chi connectivity index (χ2v) is 6.62. The van der Waals surface area contributed by atoms with Gasteiger partial charge in [-0.15, -0.1) is 0 Å². The van der Waals surface area contributed by atoms with E-state index in [0.29, 0.717) is 5.41 Å². The summed E-state index contributed by atoms with van der Waals surface area (Å²) in [5.41, 5.74) is 0.626. The van der Waals surface area contributed by atoms with Gasteiger partial charge in [0.05, 0.1) is 0 Å². The lowest BCUT2D eigenvalue weighted by Crippen LogP contribution is -2.47. The highest BCUT2D eigenvalue weighted by Gasteiger charge is 2.50. The van der Waals surface area contributed by atoms with Gasteiger partial charge in [-0.1, -0.05) is 0 Å². The molecule has 2 heteroatoms. The van der Waals surface area contributed by atoms with E-state index in [-0.39, 0.29) is 0 Å². The molecule has 5 rings (SSSR count). The third-order valence-corrected chi connectivity index (χ3v) is 5.22. The average Bonchev–Trinajstić information content (AvgIpc) is 2.66. The largest absolute Gasteiger partial charge is 0.272 e. The van der Waals surface area contributed by atoms with E-state index in [0.717, 1.165) is 17.8 Å². The number of nitrogens with zero attached hydrogens (tertiary/aromatic N) is 2. The fourth-order valence-electron chi connectivity index (χ4n) is 5.22. The smallest absolute Gasteiger partial charge is 0.0489 e. The van der Waals surface area contributed by atoms with Crippen molar-refractivity contribution in [3.63, 3.8) is 0 Å². The van der Waals surface area contributed by atoms with Gasteiger partial charge in [0.25, 0.3) is 0 Å². The highest BCUT2D eigenvalue weighted by molar-refractivity contribution is 5.01. The van der Waals surface area contributed by atoms with Crippen LogP contribution in [0.15, 0.2) is 18.5 Å². The molecule has 0 radical (unpaired) electrons. The van der Waals surface area contributed by atoms with Crippen LogP contribution in [0.1, 0.15) is 38.5 Å². The first-order valence-corrected chi connectivity index (χ1v) is 6.79. The summed E-state index contributed by atoms with van der Waals surface area (Å²) in [6.45, 7) is 1.18. The molecule has 0 saturated heterocycles. The van der Waals surface area contributed by atoms with Crippen LogP contribution in [0.4, 0.5) is 0 Å². The fraction of sp³-hybridized carbons (Fsp3) is 0.786. The van der Waals surface area contributed by atoms with Gasteiger partial charge in [-0.25, -0.2) is 0 Å². The molecule has 2 nitrogen and oxygen atoms in total. The van der Waals surface area contributed by atoms with Crippen LogP contribution >= 0.6 is 0 Å². The molecule has 1 heterocycles. The van der Waals surface area contributed by atoms with E-state index in [1.54, 1.807) is 0 Å². The minimum absolute atomic E-state index is 0.626. The van der Waals surface area contributed by atoms with E-state index in [1.807, 2.05) is 6.20 Å². The lowest BCUT2D eigenvalue weighted by atomic mass is 9.49. The van der Waals surface area contributed by atoms with Crippen LogP contribution < -0.4 is 0 Å². The first kappa shape index (κ1) is 9.26. The summed E-state index contributed by atoms with van der Waals surface area (Å²) in [7, 11) is 0. The summed E-state index contributed by atoms with van der Waals surface area (Å²) < 4.78 is 2.17. The highest BCUT2D eigenvalue weighted by atomic mass is 15.3. The third-order valence-electron chi connectivity index (χ3n) is 5.22. The van der Waals surface area contributed by atoms with Gasteiger partial charge in [0, 0.05) is 18.9 Å². The zero-order valence-electron chi connectivity index (χ0n) is 9.81. The Morgan fingerprint density at radius 3 is 2.19 bits per heavy atom. The third kappa shape index (κ3) is 1.35. The van der Waals surface area contributed by atoms with Crippen molar-refractivity contribution in [1.29, 1.82) is 0 Å². The first-order chi connectivity index (χ1) is 7.81. The van der Waals surface area contributed by atoms with E-state index in [1.165, 1.54) is 45.1 Å². The zero-order valence-corrected chi connectivity index (χ0v) is 9.81. The molecule has 4 aliphatic rings. The summed E-state index contributed by atoms with van der Waals surface area (Å²) in [6, 6.07) is 2.06. The fourth-order valence-corrected chi connectivity index (χ4v) is 5.22. The van der Waals surface area contributed by atoms with Gasteiger partial charge in [-0.05, 0) is 67.8 Å². The Kier molecular flexibility index (Phi) is 1.80. The molecule has 0 aliphatic heterocycles.